The number of benzene rings is 3. The number of nitrogens with zero attached hydrogens (tertiary/aromatic N) is 2. The van der Waals surface area contributed by atoms with E-state index in [1.165, 1.54) is 34.1 Å². The summed E-state index contributed by atoms with van der Waals surface area (Å²) >= 11 is 0. The third kappa shape index (κ3) is 5.63. The van der Waals surface area contributed by atoms with Gasteiger partial charge in [-0.2, -0.15) is 0 Å². The van der Waals surface area contributed by atoms with Gasteiger partial charge in [-0.3, -0.25) is 19.3 Å². The van der Waals surface area contributed by atoms with Crippen LogP contribution in [0.5, 0.6) is 11.5 Å². The molecule has 3 aromatic carbocycles. The van der Waals surface area contributed by atoms with Crippen LogP contribution in [0.4, 0.5) is 14.5 Å². The van der Waals surface area contributed by atoms with Crippen LogP contribution in [0.3, 0.4) is 0 Å². The summed E-state index contributed by atoms with van der Waals surface area (Å²) in [5.41, 5.74) is 1.45. The summed E-state index contributed by atoms with van der Waals surface area (Å²) in [6.45, 7) is -0.501. The third-order valence-electron chi connectivity index (χ3n) is 5.47. The fourth-order valence-corrected chi connectivity index (χ4v) is 3.55. The topological polar surface area (TPSA) is 76.2 Å². The van der Waals surface area contributed by atoms with Gasteiger partial charge in [0.05, 0.1) is 5.69 Å². The number of carbonyl (C=O) groups is 3. The van der Waals surface area contributed by atoms with Gasteiger partial charge in [0.2, 0.25) is 5.91 Å². The molecular weight excluding hydrogens is 458 g/mol. The smallest absolute Gasteiger partial charge is 0.265 e. The summed E-state index contributed by atoms with van der Waals surface area (Å²) in [7, 11) is 1.65. The number of Topliss-reactive ketones (excluding diaryl/α,β-unsaturated/α-hetero) is 1. The van der Waals surface area contributed by atoms with E-state index in [2.05, 4.69) is 0 Å². The largest absolute Gasteiger partial charge is 0.485 e. The molecule has 7 nitrogen and oxygen atoms in total. The minimum Gasteiger partial charge on any atom is -0.485 e. The fraction of sp³-hybridized carbons (Fsp3) is 0.192. The van der Waals surface area contributed by atoms with Crippen molar-refractivity contribution < 1.29 is 32.6 Å². The second kappa shape index (κ2) is 10.3. The van der Waals surface area contributed by atoms with E-state index >= 15 is 0 Å². The Bertz CT molecular complexity index is 1270. The Morgan fingerprint density at radius 2 is 1.80 bits per heavy atom. The number of halogens is 2. The molecule has 0 radical (unpaired) electrons. The second-order valence-corrected chi connectivity index (χ2v) is 7.97. The molecule has 2 amide bonds. The van der Waals surface area contributed by atoms with Crippen LogP contribution in [0.15, 0.2) is 66.7 Å². The summed E-state index contributed by atoms with van der Waals surface area (Å²) in [5, 5.41) is 0. The number of anilines is 1. The van der Waals surface area contributed by atoms with Gasteiger partial charge >= 0.3 is 0 Å². The fourth-order valence-electron chi connectivity index (χ4n) is 3.55. The van der Waals surface area contributed by atoms with E-state index in [1.807, 2.05) is 30.3 Å². The molecule has 0 atom stereocenters. The molecule has 9 heteroatoms. The number of ketones is 1. The minimum absolute atomic E-state index is 0.00222. The molecule has 0 saturated carbocycles. The maximum atomic E-state index is 13.4. The molecule has 0 bridgehead atoms. The Labute approximate surface area is 200 Å². The van der Waals surface area contributed by atoms with Gasteiger partial charge in [-0.05, 0) is 35.9 Å². The molecule has 35 heavy (non-hydrogen) atoms. The maximum Gasteiger partial charge on any atom is 0.265 e. The van der Waals surface area contributed by atoms with E-state index in [9.17, 15) is 23.2 Å². The van der Waals surface area contributed by atoms with Crippen LogP contribution in [0.1, 0.15) is 15.9 Å². The van der Waals surface area contributed by atoms with E-state index in [0.717, 1.165) is 17.7 Å². The summed E-state index contributed by atoms with van der Waals surface area (Å²) < 4.78 is 37.2. The van der Waals surface area contributed by atoms with Crippen LogP contribution < -0.4 is 14.4 Å². The number of hydrogen-bond acceptors (Lipinski definition) is 5. The zero-order valence-electron chi connectivity index (χ0n) is 18.9. The quantitative estimate of drug-likeness (QED) is 0.461. The van der Waals surface area contributed by atoms with Crippen LogP contribution in [-0.2, 0) is 16.1 Å². The molecule has 1 aliphatic heterocycles. The Balaban J connectivity index is 1.47. The van der Waals surface area contributed by atoms with E-state index in [4.69, 9.17) is 9.47 Å². The number of carbonyl (C=O) groups excluding carboxylic acids is 3. The maximum absolute atomic E-state index is 13.4. The molecular formula is C26H22F2N2O5. The van der Waals surface area contributed by atoms with Crippen molar-refractivity contribution in [2.24, 2.45) is 0 Å². The van der Waals surface area contributed by atoms with Gasteiger partial charge in [0.25, 0.3) is 5.91 Å². The van der Waals surface area contributed by atoms with Crippen molar-refractivity contribution in [1.29, 1.82) is 0 Å². The number of rotatable bonds is 8. The second-order valence-electron chi connectivity index (χ2n) is 7.97. The van der Waals surface area contributed by atoms with E-state index in [0.29, 0.717) is 18.0 Å². The number of ether oxygens (including phenoxy) is 2. The Morgan fingerprint density at radius 1 is 1.03 bits per heavy atom. The lowest BCUT2D eigenvalue weighted by Crippen LogP contribution is -2.45. The molecule has 4 rings (SSSR count). The molecule has 180 valence electrons. The van der Waals surface area contributed by atoms with Crippen molar-refractivity contribution in [3.63, 3.8) is 0 Å². The predicted molar refractivity (Wildman–Crippen MR) is 123 cm³/mol. The third-order valence-corrected chi connectivity index (χ3v) is 5.47. The first-order valence-electron chi connectivity index (χ1n) is 10.8. The highest BCUT2D eigenvalue weighted by Gasteiger charge is 2.29. The molecule has 0 aliphatic carbocycles. The van der Waals surface area contributed by atoms with Gasteiger partial charge in [-0.25, -0.2) is 8.78 Å². The number of amides is 2. The zero-order valence-corrected chi connectivity index (χ0v) is 18.9. The molecule has 0 spiro atoms. The molecule has 1 aliphatic rings. The average Bonchev–Trinajstić information content (AvgIpc) is 2.86. The Kier molecular flexibility index (Phi) is 7.05. The summed E-state index contributed by atoms with van der Waals surface area (Å²) in [6, 6.07) is 16.9. The van der Waals surface area contributed by atoms with E-state index < -0.39 is 29.9 Å². The predicted octanol–water partition coefficient (Wildman–Crippen LogP) is 3.61. The lowest BCUT2D eigenvalue weighted by atomic mass is 10.1. The van der Waals surface area contributed by atoms with Crippen molar-refractivity contribution in [3.8, 4) is 11.5 Å². The molecule has 0 N–H and O–H groups in total. The monoisotopic (exact) mass is 480 g/mol. The molecule has 0 unspecified atom stereocenters. The van der Waals surface area contributed by atoms with Crippen molar-refractivity contribution >= 4 is 23.3 Å². The van der Waals surface area contributed by atoms with Gasteiger partial charge in [0, 0.05) is 25.2 Å². The Hall–Kier alpha value is -4.27. The van der Waals surface area contributed by atoms with Crippen LogP contribution in [0.25, 0.3) is 0 Å². The minimum atomic E-state index is -1.09. The first kappa shape index (κ1) is 23.9. The number of fused-ring (bicyclic) bond motifs is 1. The molecule has 3 aromatic rings. The highest BCUT2D eigenvalue weighted by Crippen LogP contribution is 2.33. The Morgan fingerprint density at radius 3 is 2.54 bits per heavy atom. The molecule has 0 saturated heterocycles. The number of hydrogen-bond donors (Lipinski definition) is 0. The number of likely N-dealkylation sites (N-methyl/N-ethyl adjacent to an activating group) is 1. The van der Waals surface area contributed by atoms with Gasteiger partial charge in [0.15, 0.2) is 30.6 Å². The molecule has 0 aromatic heterocycles. The SMILES string of the molecule is CN(Cc1ccccc1)C(=O)CN1C(=O)COc2ccc(C(=O)COc3ccc(F)c(F)c3)cc21. The van der Waals surface area contributed by atoms with Gasteiger partial charge < -0.3 is 14.4 Å². The molecule has 1 heterocycles. The van der Waals surface area contributed by atoms with E-state index in [1.54, 1.807) is 7.05 Å². The van der Waals surface area contributed by atoms with Crippen LogP contribution in [-0.4, -0.2) is 49.3 Å². The van der Waals surface area contributed by atoms with Gasteiger partial charge in [0.1, 0.15) is 18.0 Å². The first-order valence-corrected chi connectivity index (χ1v) is 10.8. The summed E-state index contributed by atoms with van der Waals surface area (Å²) in [6.07, 6.45) is 0. The van der Waals surface area contributed by atoms with Crippen molar-refractivity contribution in [1.82, 2.24) is 4.90 Å². The highest BCUT2D eigenvalue weighted by atomic mass is 19.2. The van der Waals surface area contributed by atoms with Crippen molar-refractivity contribution in [3.05, 3.63) is 89.5 Å². The van der Waals surface area contributed by atoms with Crippen molar-refractivity contribution in [2.75, 3.05) is 31.7 Å². The zero-order chi connectivity index (χ0) is 24.9. The van der Waals surface area contributed by atoms with Crippen molar-refractivity contribution in [2.45, 2.75) is 6.54 Å². The lowest BCUT2D eigenvalue weighted by Gasteiger charge is -2.30. The summed E-state index contributed by atoms with van der Waals surface area (Å²) in [4.78, 5) is 40.9. The van der Waals surface area contributed by atoms with E-state index in [-0.39, 0.29) is 30.4 Å². The van der Waals surface area contributed by atoms with Gasteiger partial charge in [-0.15, -0.1) is 0 Å². The average molecular weight is 480 g/mol. The van der Waals surface area contributed by atoms with Crippen LogP contribution in [0, 0.1) is 11.6 Å². The van der Waals surface area contributed by atoms with Crippen LogP contribution >= 0.6 is 0 Å². The van der Waals surface area contributed by atoms with Gasteiger partial charge in [-0.1, -0.05) is 30.3 Å². The van der Waals surface area contributed by atoms with Crippen LogP contribution in [0.2, 0.25) is 0 Å². The first-order chi connectivity index (χ1) is 16.8. The highest BCUT2D eigenvalue weighted by molar-refractivity contribution is 6.04. The standard InChI is InChI=1S/C26H22F2N2O5/c1-29(13-17-5-3-2-4-6-17)25(32)14-30-22-11-18(7-10-24(22)35-16-26(30)33)23(31)15-34-19-8-9-20(27)21(28)12-19/h2-12H,13-16H2,1H3. The molecule has 0 fully saturated rings. The lowest BCUT2D eigenvalue weighted by molar-refractivity contribution is -0.131. The normalized spacial score (nSPS) is 12.5. The summed E-state index contributed by atoms with van der Waals surface area (Å²) in [5.74, 6) is -2.90.